The Morgan fingerprint density at radius 3 is 2.79 bits per heavy atom. The zero-order valence-electron chi connectivity index (χ0n) is 18.3. The molecule has 10 heteroatoms. The molecule has 3 aromatic rings. The van der Waals surface area contributed by atoms with Crippen molar-refractivity contribution in [3.8, 4) is 11.3 Å². The molecule has 0 saturated carbocycles. The third kappa shape index (κ3) is 5.83. The van der Waals surface area contributed by atoms with Crippen LogP contribution in [0.2, 0.25) is 10.0 Å². The van der Waals surface area contributed by atoms with E-state index in [1.165, 1.54) is 6.20 Å². The van der Waals surface area contributed by atoms with Crippen molar-refractivity contribution in [2.24, 2.45) is 0 Å². The van der Waals surface area contributed by atoms with E-state index < -0.39 is 0 Å². The monoisotopic (exact) mass is 498 g/mol. The average molecular weight is 499 g/mol. The van der Waals surface area contributed by atoms with Crippen LogP contribution in [0.15, 0.2) is 48.7 Å². The van der Waals surface area contributed by atoms with Gasteiger partial charge >= 0.3 is 0 Å². The summed E-state index contributed by atoms with van der Waals surface area (Å²) in [4.78, 5) is 34.1. The Hall–Kier alpha value is -3.20. The van der Waals surface area contributed by atoms with Gasteiger partial charge in [-0.05, 0) is 55.3 Å². The number of amides is 2. The third-order valence-electron chi connectivity index (χ3n) is 5.52. The van der Waals surface area contributed by atoms with Crippen LogP contribution < -0.4 is 21.7 Å². The van der Waals surface area contributed by atoms with Crippen molar-refractivity contribution in [1.29, 1.82) is 0 Å². The van der Waals surface area contributed by atoms with Crippen LogP contribution in [0.5, 0.6) is 0 Å². The normalized spacial score (nSPS) is 15.5. The number of aromatic nitrogens is 2. The molecule has 1 aromatic heterocycles. The predicted octanol–water partition coefficient (Wildman–Crippen LogP) is 3.44. The van der Waals surface area contributed by atoms with Gasteiger partial charge in [0, 0.05) is 40.3 Å². The fraction of sp³-hybridized carbons (Fsp3) is 0.250. The summed E-state index contributed by atoms with van der Waals surface area (Å²) in [6, 6.07) is 12.0. The van der Waals surface area contributed by atoms with Crippen molar-refractivity contribution in [3.63, 3.8) is 0 Å². The fourth-order valence-corrected chi connectivity index (χ4v) is 4.09. The van der Waals surface area contributed by atoms with Crippen LogP contribution in [0.25, 0.3) is 11.3 Å². The SMILES string of the molecule is Nc1ncc(-c2cccc(C(=O)NCc3cc(Cl)ccc3Cl)c2)nc1C(=O)NC1CCCNC1. The van der Waals surface area contributed by atoms with Crippen LogP contribution in [0, 0.1) is 0 Å². The molecule has 1 aliphatic heterocycles. The first-order valence-corrected chi connectivity index (χ1v) is 11.6. The number of carbonyl (C=O) groups excluding carboxylic acids is 2. The minimum atomic E-state index is -0.368. The molecule has 0 spiro atoms. The molecule has 1 unspecified atom stereocenters. The van der Waals surface area contributed by atoms with Crippen LogP contribution in [-0.2, 0) is 6.54 Å². The molecule has 1 aliphatic rings. The summed E-state index contributed by atoms with van der Waals surface area (Å²) < 4.78 is 0. The summed E-state index contributed by atoms with van der Waals surface area (Å²) >= 11 is 12.2. The summed E-state index contributed by atoms with van der Waals surface area (Å²) in [7, 11) is 0. The van der Waals surface area contributed by atoms with Gasteiger partial charge in [0.1, 0.15) is 0 Å². The Morgan fingerprint density at radius 2 is 2.00 bits per heavy atom. The number of nitrogens with one attached hydrogen (secondary N) is 3. The second-order valence-electron chi connectivity index (χ2n) is 8.01. The minimum absolute atomic E-state index is 0.0196. The molecule has 1 atom stereocenters. The van der Waals surface area contributed by atoms with Gasteiger partial charge in [-0.1, -0.05) is 35.3 Å². The summed E-state index contributed by atoms with van der Waals surface area (Å²) in [5.74, 6) is -0.603. The third-order valence-corrected chi connectivity index (χ3v) is 6.12. The first kappa shape index (κ1) is 23.9. The average Bonchev–Trinajstić information content (AvgIpc) is 2.85. The van der Waals surface area contributed by atoms with Crippen molar-refractivity contribution in [1.82, 2.24) is 25.9 Å². The molecule has 2 aromatic carbocycles. The zero-order chi connectivity index (χ0) is 24.1. The molecular weight excluding hydrogens is 475 g/mol. The van der Waals surface area contributed by atoms with Crippen molar-refractivity contribution in [2.45, 2.75) is 25.4 Å². The van der Waals surface area contributed by atoms with Gasteiger partial charge in [0.05, 0.1) is 11.9 Å². The fourth-order valence-electron chi connectivity index (χ4n) is 3.71. The van der Waals surface area contributed by atoms with E-state index in [-0.39, 0.29) is 35.9 Å². The number of hydrogen-bond acceptors (Lipinski definition) is 6. The highest BCUT2D eigenvalue weighted by Gasteiger charge is 2.20. The molecule has 0 aliphatic carbocycles. The van der Waals surface area contributed by atoms with Gasteiger partial charge in [-0.2, -0.15) is 0 Å². The van der Waals surface area contributed by atoms with Gasteiger partial charge in [0.25, 0.3) is 11.8 Å². The number of carbonyl (C=O) groups is 2. The predicted molar refractivity (Wildman–Crippen MR) is 133 cm³/mol. The number of anilines is 1. The maximum absolute atomic E-state index is 12.8. The molecule has 2 amide bonds. The molecule has 2 heterocycles. The lowest BCUT2D eigenvalue weighted by atomic mass is 10.1. The van der Waals surface area contributed by atoms with E-state index in [1.54, 1.807) is 42.5 Å². The van der Waals surface area contributed by atoms with Crippen LogP contribution in [-0.4, -0.2) is 40.9 Å². The number of hydrogen-bond donors (Lipinski definition) is 4. The Morgan fingerprint density at radius 1 is 1.15 bits per heavy atom. The van der Waals surface area contributed by atoms with Crippen molar-refractivity contribution >= 4 is 40.8 Å². The molecule has 176 valence electrons. The van der Waals surface area contributed by atoms with Gasteiger partial charge in [-0.25, -0.2) is 9.97 Å². The Kier molecular flexibility index (Phi) is 7.62. The maximum Gasteiger partial charge on any atom is 0.274 e. The lowest BCUT2D eigenvalue weighted by Crippen LogP contribution is -2.46. The molecule has 34 heavy (non-hydrogen) atoms. The molecule has 8 nitrogen and oxygen atoms in total. The summed E-state index contributed by atoms with van der Waals surface area (Å²) in [5, 5.41) is 10.1. The van der Waals surface area contributed by atoms with E-state index in [0.29, 0.717) is 39.0 Å². The summed E-state index contributed by atoms with van der Waals surface area (Å²) in [6.45, 7) is 1.88. The van der Waals surface area contributed by atoms with Crippen LogP contribution in [0.4, 0.5) is 5.82 Å². The number of halogens is 2. The van der Waals surface area contributed by atoms with E-state index in [0.717, 1.165) is 19.4 Å². The number of benzene rings is 2. The Labute approximate surface area is 207 Å². The smallest absolute Gasteiger partial charge is 0.274 e. The lowest BCUT2D eigenvalue weighted by molar-refractivity contribution is 0.0923. The highest BCUT2D eigenvalue weighted by molar-refractivity contribution is 6.33. The number of rotatable bonds is 6. The Bertz CT molecular complexity index is 1210. The highest BCUT2D eigenvalue weighted by atomic mass is 35.5. The van der Waals surface area contributed by atoms with E-state index in [9.17, 15) is 9.59 Å². The molecule has 1 saturated heterocycles. The van der Waals surface area contributed by atoms with E-state index in [2.05, 4.69) is 25.9 Å². The van der Waals surface area contributed by atoms with Gasteiger partial charge in [0.15, 0.2) is 11.5 Å². The molecule has 1 fully saturated rings. The topological polar surface area (TPSA) is 122 Å². The van der Waals surface area contributed by atoms with Crippen LogP contribution >= 0.6 is 23.2 Å². The number of piperidine rings is 1. The zero-order valence-corrected chi connectivity index (χ0v) is 19.8. The van der Waals surface area contributed by atoms with Crippen molar-refractivity contribution in [3.05, 3.63) is 75.5 Å². The number of nitrogen functional groups attached to an aromatic ring is 1. The van der Waals surface area contributed by atoms with E-state index in [1.807, 2.05) is 0 Å². The molecular formula is C24H24Cl2N6O2. The second-order valence-corrected chi connectivity index (χ2v) is 8.85. The van der Waals surface area contributed by atoms with Gasteiger partial charge in [-0.3, -0.25) is 9.59 Å². The standard InChI is InChI=1S/C24H24Cl2N6O2/c25-17-6-7-19(26)16(10-17)11-30-23(33)15-4-1-3-14(9-15)20-13-29-22(27)21(32-20)24(34)31-18-5-2-8-28-12-18/h1,3-4,6-7,9-10,13,18,28H,2,5,8,11-12H2,(H2,27,29)(H,30,33)(H,31,34). The van der Waals surface area contributed by atoms with Gasteiger partial charge in [-0.15, -0.1) is 0 Å². The minimum Gasteiger partial charge on any atom is -0.382 e. The quantitative estimate of drug-likeness (QED) is 0.412. The highest BCUT2D eigenvalue weighted by Crippen LogP contribution is 2.22. The maximum atomic E-state index is 12.8. The van der Waals surface area contributed by atoms with Crippen LogP contribution in [0.1, 0.15) is 39.3 Å². The molecule has 0 bridgehead atoms. The summed E-state index contributed by atoms with van der Waals surface area (Å²) in [6.07, 6.45) is 3.37. The lowest BCUT2D eigenvalue weighted by Gasteiger charge is -2.23. The Balaban J connectivity index is 1.49. The molecule has 0 radical (unpaired) electrons. The molecule has 5 N–H and O–H groups in total. The van der Waals surface area contributed by atoms with E-state index >= 15 is 0 Å². The van der Waals surface area contributed by atoms with Gasteiger partial charge < -0.3 is 21.7 Å². The van der Waals surface area contributed by atoms with Gasteiger partial charge in [0.2, 0.25) is 0 Å². The first-order chi connectivity index (χ1) is 16.4. The first-order valence-electron chi connectivity index (χ1n) is 10.9. The largest absolute Gasteiger partial charge is 0.382 e. The second kappa shape index (κ2) is 10.8. The van der Waals surface area contributed by atoms with Crippen molar-refractivity contribution < 1.29 is 9.59 Å². The molecule has 4 rings (SSSR count). The van der Waals surface area contributed by atoms with Crippen LogP contribution in [0.3, 0.4) is 0 Å². The summed E-state index contributed by atoms with van der Waals surface area (Å²) in [5.41, 5.74) is 8.21. The van der Waals surface area contributed by atoms with Crippen molar-refractivity contribution in [2.75, 3.05) is 18.8 Å². The number of nitrogens with zero attached hydrogens (tertiary/aromatic N) is 2. The number of nitrogens with two attached hydrogens (primary N) is 1. The van der Waals surface area contributed by atoms with E-state index in [4.69, 9.17) is 28.9 Å².